The quantitative estimate of drug-likeness (QED) is 0.443. The van der Waals surface area contributed by atoms with Gasteiger partial charge in [0.1, 0.15) is 11.6 Å². The Balaban J connectivity index is 1.24. The van der Waals surface area contributed by atoms with Gasteiger partial charge in [0.05, 0.1) is 37.2 Å². The van der Waals surface area contributed by atoms with E-state index < -0.39 is 0 Å². The fourth-order valence-corrected chi connectivity index (χ4v) is 6.99. The van der Waals surface area contributed by atoms with Crippen molar-refractivity contribution in [1.82, 2.24) is 20.3 Å². The zero-order chi connectivity index (χ0) is 28.2. The van der Waals surface area contributed by atoms with Crippen molar-refractivity contribution in [3.05, 3.63) is 59.4 Å². The minimum absolute atomic E-state index is 0.167. The van der Waals surface area contributed by atoms with Crippen molar-refractivity contribution in [2.45, 2.75) is 70.1 Å². The smallest absolute Gasteiger partial charge is 0.229 e. The predicted octanol–water partition coefficient (Wildman–Crippen LogP) is 5.16. The second kappa shape index (κ2) is 10.2. The van der Waals surface area contributed by atoms with Crippen molar-refractivity contribution in [3.8, 4) is 0 Å². The van der Waals surface area contributed by atoms with Gasteiger partial charge in [0.2, 0.25) is 5.95 Å². The van der Waals surface area contributed by atoms with E-state index in [1.165, 1.54) is 17.7 Å². The molecule has 0 radical (unpaired) electrons. The predicted molar refractivity (Wildman–Crippen MR) is 162 cm³/mol. The van der Waals surface area contributed by atoms with Crippen molar-refractivity contribution < 1.29 is 9.47 Å². The maximum absolute atomic E-state index is 6.39. The zero-order valence-corrected chi connectivity index (χ0v) is 24.6. The monoisotopic (exact) mass is 555 g/mol. The summed E-state index contributed by atoms with van der Waals surface area (Å²) in [5.41, 5.74) is 5.20. The third-order valence-electron chi connectivity index (χ3n) is 9.33. The number of fused-ring (bicyclic) bond motifs is 3. The van der Waals surface area contributed by atoms with Crippen LogP contribution in [0, 0.1) is 6.92 Å². The van der Waals surface area contributed by atoms with Crippen molar-refractivity contribution in [2.75, 3.05) is 54.6 Å². The van der Waals surface area contributed by atoms with Gasteiger partial charge >= 0.3 is 0 Å². The number of morpholine rings is 1. The molecule has 2 N–H and O–H groups in total. The second-order valence-electron chi connectivity index (χ2n) is 12.8. The van der Waals surface area contributed by atoms with Crippen LogP contribution in [0.2, 0.25) is 0 Å². The molecule has 4 aliphatic rings. The Morgan fingerprint density at radius 3 is 2.71 bits per heavy atom. The highest BCUT2D eigenvalue weighted by molar-refractivity contribution is 5.71. The number of anilines is 5. The summed E-state index contributed by atoms with van der Waals surface area (Å²) in [6.45, 7) is 13.9. The van der Waals surface area contributed by atoms with Gasteiger partial charge < -0.3 is 29.9 Å². The molecule has 0 unspecified atom stereocenters. The molecule has 0 aliphatic carbocycles. The van der Waals surface area contributed by atoms with E-state index >= 15 is 0 Å². The fraction of sp³-hybridized carbons (Fsp3) is 0.531. The van der Waals surface area contributed by atoms with E-state index in [1.807, 2.05) is 6.20 Å². The number of benzene rings is 1. The van der Waals surface area contributed by atoms with Crippen LogP contribution in [0.4, 0.5) is 29.0 Å². The number of pyridine rings is 1. The lowest BCUT2D eigenvalue weighted by Crippen LogP contribution is -2.54. The van der Waals surface area contributed by atoms with Crippen molar-refractivity contribution in [3.63, 3.8) is 0 Å². The van der Waals surface area contributed by atoms with Crippen LogP contribution < -0.4 is 20.4 Å². The SMILES string of the molecule is Cc1cc(Nc2ncc3c(n2)N(c2cccc([C@H]4CCCN4)n2)[C@@H]2CC(C)(C)OC[C@]32C)ccc1N1CCOCC1. The van der Waals surface area contributed by atoms with Gasteiger partial charge in [-0.3, -0.25) is 0 Å². The number of nitrogens with zero attached hydrogens (tertiary/aromatic N) is 5. The van der Waals surface area contributed by atoms with Crippen LogP contribution in [0.1, 0.15) is 62.9 Å². The first-order chi connectivity index (χ1) is 19.8. The number of hydrogen-bond donors (Lipinski definition) is 2. The Kier molecular flexibility index (Phi) is 6.64. The topological polar surface area (TPSA) is 87.7 Å². The molecule has 3 atom stereocenters. The van der Waals surface area contributed by atoms with Gasteiger partial charge in [-0.15, -0.1) is 0 Å². The summed E-state index contributed by atoms with van der Waals surface area (Å²) in [7, 11) is 0. The maximum Gasteiger partial charge on any atom is 0.229 e. The molecule has 9 nitrogen and oxygen atoms in total. The number of ether oxygens (including phenoxy) is 2. The van der Waals surface area contributed by atoms with Crippen LogP contribution in [0.25, 0.3) is 0 Å². The van der Waals surface area contributed by atoms with E-state index in [2.05, 4.69) is 84.5 Å². The molecule has 0 amide bonds. The van der Waals surface area contributed by atoms with Gasteiger partial charge in [0.15, 0.2) is 0 Å². The number of hydrogen-bond acceptors (Lipinski definition) is 9. The van der Waals surface area contributed by atoms with E-state index in [4.69, 9.17) is 24.4 Å². The largest absolute Gasteiger partial charge is 0.378 e. The van der Waals surface area contributed by atoms with Crippen LogP contribution in [-0.2, 0) is 14.9 Å². The molecule has 3 aromatic rings. The normalized spacial score (nSPS) is 27.0. The third kappa shape index (κ3) is 4.83. The molecule has 9 heteroatoms. The molecule has 2 aromatic heterocycles. The maximum atomic E-state index is 6.39. The van der Waals surface area contributed by atoms with Gasteiger partial charge in [0, 0.05) is 47.7 Å². The Morgan fingerprint density at radius 1 is 1.07 bits per heavy atom. The summed E-state index contributed by atoms with van der Waals surface area (Å²) in [4.78, 5) is 19.9. The second-order valence-corrected chi connectivity index (χ2v) is 12.8. The minimum atomic E-state index is -0.233. The zero-order valence-electron chi connectivity index (χ0n) is 24.6. The number of nitrogens with one attached hydrogen (secondary N) is 2. The molecule has 41 heavy (non-hydrogen) atoms. The van der Waals surface area contributed by atoms with E-state index in [0.29, 0.717) is 18.6 Å². The highest BCUT2D eigenvalue weighted by Gasteiger charge is 2.55. The number of rotatable bonds is 5. The number of aryl methyl sites for hydroxylation is 1. The van der Waals surface area contributed by atoms with Gasteiger partial charge in [-0.1, -0.05) is 13.0 Å². The van der Waals surface area contributed by atoms with E-state index in [-0.39, 0.29) is 17.1 Å². The molecule has 1 aromatic carbocycles. The van der Waals surface area contributed by atoms with Gasteiger partial charge in [-0.05, 0) is 82.5 Å². The first kappa shape index (κ1) is 26.6. The van der Waals surface area contributed by atoms with Crippen LogP contribution in [0.3, 0.4) is 0 Å². The molecular formula is C32H41N7O2. The average Bonchev–Trinajstić information content (AvgIpc) is 3.59. The summed E-state index contributed by atoms with van der Waals surface area (Å²) >= 11 is 0. The molecule has 216 valence electrons. The van der Waals surface area contributed by atoms with Crippen molar-refractivity contribution in [1.29, 1.82) is 0 Å². The molecular weight excluding hydrogens is 514 g/mol. The van der Waals surface area contributed by atoms with E-state index in [1.54, 1.807) is 0 Å². The molecule has 0 spiro atoms. The minimum Gasteiger partial charge on any atom is -0.378 e. The first-order valence-electron chi connectivity index (χ1n) is 15.0. The van der Waals surface area contributed by atoms with Crippen LogP contribution in [0.5, 0.6) is 0 Å². The molecule has 3 fully saturated rings. The molecule has 0 bridgehead atoms. The number of aromatic nitrogens is 3. The van der Waals surface area contributed by atoms with Gasteiger partial charge in [-0.2, -0.15) is 4.98 Å². The molecule has 0 saturated carbocycles. The Morgan fingerprint density at radius 2 is 1.93 bits per heavy atom. The molecule has 6 heterocycles. The Hall–Kier alpha value is -3.27. The highest BCUT2D eigenvalue weighted by Crippen LogP contribution is 2.53. The van der Waals surface area contributed by atoms with Crippen LogP contribution >= 0.6 is 0 Å². The lowest BCUT2D eigenvalue weighted by Gasteiger charge is -2.46. The lowest BCUT2D eigenvalue weighted by atomic mass is 9.73. The summed E-state index contributed by atoms with van der Waals surface area (Å²) in [6.07, 6.45) is 5.18. The summed E-state index contributed by atoms with van der Waals surface area (Å²) in [5.74, 6) is 2.45. The molecule has 7 rings (SSSR count). The lowest BCUT2D eigenvalue weighted by molar-refractivity contribution is -0.0893. The van der Waals surface area contributed by atoms with Crippen molar-refractivity contribution >= 4 is 29.0 Å². The summed E-state index contributed by atoms with van der Waals surface area (Å²) in [6, 6.07) is 13.4. The third-order valence-corrected chi connectivity index (χ3v) is 9.33. The van der Waals surface area contributed by atoms with E-state index in [9.17, 15) is 0 Å². The molecule has 3 saturated heterocycles. The van der Waals surface area contributed by atoms with Crippen LogP contribution in [0.15, 0.2) is 42.6 Å². The highest BCUT2D eigenvalue weighted by atomic mass is 16.5. The average molecular weight is 556 g/mol. The fourth-order valence-electron chi connectivity index (χ4n) is 6.99. The summed E-state index contributed by atoms with van der Waals surface area (Å²) in [5, 5.41) is 7.10. The van der Waals surface area contributed by atoms with Gasteiger partial charge in [0.25, 0.3) is 0 Å². The van der Waals surface area contributed by atoms with E-state index in [0.717, 1.165) is 74.3 Å². The van der Waals surface area contributed by atoms with Gasteiger partial charge in [-0.25, -0.2) is 9.97 Å². The Labute approximate surface area is 242 Å². The Bertz CT molecular complexity index is 1430. The molecule has 4 aliphatic heterocycles. The van der Waals surface area contributed by atoms with Crippen LogP contribution in [-0.4, -0.2) is 66.0 Å². The summed E-state index contributed by atoms with van der Waals surface area (Å²) < 4.78 is 11.9. The van der Waals surface area contributed by atoms with Crippen molar-refractivity contribution in [2.24, 2.45) is 0 Å². The standard InChI is InChI=1S/C32H41N7O2/c1-21-17-22(10-11-26(21)38-13-15-40-16-14-38)35-30-34-19-23-29(37-30)39(27-18-31(2,3)41-20-32(23,27)4)28-9-5-7-25(36-28)24-8-6-12-33-24/h5,7,9-11,17,19,24,27,33H,6,8,12-16,18,20H2,1-4H3,(H,34,35,37)/t24-,27-,32-/m1/s1. The first-order valence-corrected chi connectivity index (χ1v) is 15.0.